The molecule has 0 amide bonds. The van der Waals surface area contributed by atoms with E-state index in [-0.39, 0.29) is 12.0 Å². The van der Waals surface area contributed by atoms with Crippen LogP contribution in [-0.2, 0) is 10.0 Å². The van der Waals surface area contributed by atoms with Gasteiger partial charge in [-0.2, -0.15) is 0 Å². The molecule has 2 atom stereocenters. The van der Waals surface area contributed by atoms with Gasteiger partial charge in [0, 0.05) is 25.5 Å². The van der Waals surface area contributed by atoms with Crippen molar-refractivity contribution in [1.82, 2.24) is 19.7 Å². The van der Waals surface area contributed by atoms with Crippen LogP contribution in [0.4, 0.5) is 0 Å². The Hall–Kier alpha value is -1.09. The second kappa shape index (κ2) is 6.57. The molecule has 2 unspecified atom stereocenters. The number of nitrogens with one attached hydrogen (secondary N) is 1. The van der Waals surface area contributed by atoms with Crippen LogP contribution in [0.15, 0.2) is 18.5 Å². The molecule has 0 bridgehead atoms. The van der Waals surface area contributed by atoms with Gasteiger partial charge >= 0.3 is 0 Å². The largest absolute Gasteiger partial charge is 0.271 e. The van der Waals surface area contributed by atoms with Crippen LogP contribution >= 0.6 is 0 Å². The van der Waals surface area contributed by atoms with E-state index in [2.05, 4.69) is 15.4 Å². The van der Waals surface area contributed by atoms with Gasteiger partial charge in [0.05, 0.1) is 12.3 Å². The summed E-state index contributed by atoms with van der Waals surface area (Å²) in [6.45, 7) is 1.15. The lowest BCUT2D eigenvalue weighted by Gasteiger charge is -2.32. The lowest BCUT2D eigenvalue weighted by molar-refractivity contribution is 0.236. The topological polar surface area (TPSA) is 101 Å². The van der Waals surface area contributed by atoms with Crippen LogP contribution in [0.1, 0.15) is 31.1 Å². The zero-order valence-corrected chi connectivity index (χ0v) is 12.4. The summed E-state index contributed by atoms with van der Waals surface area (Å²) in [5.41, 5.74) is 2.73. The number of piperidine rings is 1. The molecule has 1 aliphatic heterocycles. The van der Waals surface area contributed by atoms with Crippen LogP contribution < -0.4 is 11.3 Å². The van der Waals surface area contributed by atoms with Crippen LogP contribution in [-0.4, -0.2) is 42.0 Å². The van der Waals surface area contributed by atoms with Crippen molar-refractivity contribution in [1.29, 1.82) is 0 Å². The molecule has 2 heterocycles. The minimum atomic E-state index is -3.12. The minimum Gasteiger partial charge on any atom is -0.271 e. The lowest BCUT2D eigenvalue weighted by atomic mass is 9.92. The maximum absolute atomic E-state index is 11.6. The second-order valence-electron chi connectivity index (χ2n) is 5.19. The van der Waals surface area contributed by atoms with Crippen molar-refractivity contribution in [3.63, 3.8) is 0 Å². The summed E-state index contributed by atoms with van der Waals surface area (Å²) in [5.74, 6) is 6.49. The molecule has 1 aromatic heterocycles. The first-order chi connectivity index (χ1) is 9.50. The van der Waals surface area contributed by atoms with E-state index in [1.165, 1.54) is 6.26 Å². The van der Waals surface area contributed by atoms with Crippen LogP contribution in [0.3, 0.4) is 0 Å². The highest BCUT2D eigenvalue weighted by molar-refractivity contribution is 7.88. The minimum absolute atomic E-state index is 0.152. The van der Waals surface area contributed by atoms with Crippen LogP contribution in [0.2, 0.25) is 0 Å². The summed E-state index contributed by atoms with van der Waals surface area (Å²) < 4.78 is 24.8. The maximum Gasteiger partial charge on any atom is 0.211 e. The Balaban J connectivity index is 2.01. The van der Waals surface area contributed by atoms with Gasteiger partial charge in [-0.1, -0.05) is 0 Å². The molecule has 1 aromatic rings. The number of nitrogens with two attached hydrogens (primary N) is 1. The third kappa shape index (κ3) is 3.95. The Labute approximate surface area is 119 Å². The average molecular weight is 299 g/mol. The molecular weight excluding hydrogens is 278 g/mol. The SMILES string of the molecule is CS(=O)(=O)N1CCCC(CC(NN)c2ncccn2)C1. The lowest BCUT2D eigenvalue weighted by Crippen LogP contribution is -2.41. The van der Waals surface area contributed by atoms with Crippen molar-refractivity contribution >= 4 is 10.0 Å². The first-order valence-electron chi connectivity index (χ1n) is 6.69. The fraction of sp³-hybridized carbons (Fsp3) is 0.667. The van der Waals surface area contributed by atoms with E-state index >= 15 is 0 Å². The van der Waals surface area contributed by atoms with Crippen molar-refractivity contribution in [3.8, 4) is 0 Å². The zero-order chi connectivity index (χ0) is 14.6. The molecule has 7 nitrogen and oxygen atoms in total. The molecule has 0 saturated carbocycles. The van der Waals surface area contributed by atoms with E-state index in [1.807, 2.05) is 0 Å². The first kappa shape index (κ1) is 15.3. The Bertz CT molecular complexity index is 522. The predicted molar refractivity (Wildman–Crippen MR) is 75.9 cm³/mol. The number of hydrogen-bond donors (Lipinski definition) is 2. The number of aromatic nitrogens is 2. The molecule has 20 heavy (non-hydrogen) atoms. The Morgan fingerprint density at radius 2 is 2.20 bits per heavy atom. The van der Waals surface area contributed by atoms with Crippen LogP contribution in [0, 0.1) is 5.92 Å². The van der Waals surface area contributed by atoms with Crippen molar-refractivity contribution in [2.75, 3.05) is 19.3 Å². The Kier molecular flexibility index (Phi) is 5.03. The molecule has 0 spiro atoms. The summed E-state index contributed by atoms with van der Waals surface area (Å²) in [6, 6.07) is 1.60. The fourth-order valence-electron chi connectivity index (χ4n) is 2.59. The van der Waals surface area contributed by atoms with Gasteiger partial charge in [0.1, 0.15) is 5.82 Å². The van der Waals surface area contributed by atoms with Crippen molar-refractivity contribution in [2.45, 2.75) is 25.3 Å². The number of hydrazine groups is 1. The number of hydrogen-bond acceptors (Lipinski definition) is 6. The molecule has 0 radical (unpaired) electrons. The van der Waals surface area contributed by atoms with E-state index in [0.29, 0.717) is 18.9 Å². The third-order valence-corrected chi connectivity index (χ3v) is 4.89. The van der Waals surface area contributed by atoms with Gasteiger partial charge < -0.3 is 0 Å². The van der Waals surface area contributed by atoms with Gasteiger partial charge in [0.25, 0.3) is 0 Å². The first-order valence-corrected chi connectivity index (χ1v) is 8.53. The summed E-state index contributed by atoms with van der Waals surface area (Å²) in [5, 5.41) is 0. The van der Waals surface area contributed by atoms with Gasteiger partial charge in [-0.05, 0) is 31.2 Å². The summed E-state index contributed by atoms with van der Waals surface area (Å²) >= 11 is 0. The van der Waals surface area contributed by atoms with E-state index in [1.54, 1.807) is 22.8 Å². The Morgan fingerprint density at radius 3 is 2.80 bits per heavy atom. The molecule has 1 aliphatic rings. The molecule has 8 heteroatoms. The highest BCUT2D eigenvalue weighted by Gasteiger charge is 2.28. The van der Waals surface area contributed by atoms with E-state index in [4.69, 9.17) is 5.84 Å². The molecule has 1 saturated heterocycles. The summed E-state index contributed by atoms with van der Waals surface area (Å²) in [6.07, 6.45) is 7.22. The normalized spacial score (nSPS) is 22.6. The zero-order valence-electron chi connectivity index (χ0n) is 11.6. The van der Waals surface area contributed by atoms with Crippen molar-refractivity contribution < 1.29 is 8.42 Å². The standard InChI is InChI=1S/C12H21N5O2S/c1-20(18,19)17-7-2-4-10(9-17)8-11(16-13)12-14-5-3-6-15-12/h3,5-6,10-11,16H,2,4,7-9,13H2,1H3. The average Bonchev–Trinajstić information content (AvgIpc) is 2.45. The van der Waals surface area contributed by atoms with Gasteiger partial charge in [-0.25, -0.2) is 28.1 Å². The highest BCUT2D eigenvalue weighted by Crippen LogP contribution is 2.26. The van der Waals surface area contributed by atoms with E-state index < -0.39 is 10.0 Å². The van der Waals surface area contributed by atoms with Gasteiger partial charge in [0.15, 0.2) is 0 Å². The van der Waals surface area contributed by atoms with Gasteiger partial charge in [-0.3, -0.25) is 5.84 Å². The number of rotatable bonds is 5. The molecule has 0 aliphatic carbocycles. The smallest absolute Gasteiger partial charge is 0.211 e. The second-order valence-corrected chi connectivity index (χ2v) is 7.17. The van der Waals surface area contributed by atoms with E-state index in [9.17, 15) is 8.42 Å². The highest BCUT2D eigenvalue weighted by atomic mass is 32.2. The number of sulfonamides is 1. The molecule has 1 fully saturated rings. The Morgan fingerprint density at radius 1 is 1.50 bits per heavy atom. The molecule has 2 rings (SSSR count). The van der Waals surface area contributed by atoms with Crippen LogP contribution in [0.5, 0.6) is 0 Å². The molecule has 112 valence electrons. The third-order valence-electron chi connectivity index (χ3n) is 3.62. The van der Waals surface area contributed by atoms with Crippen molar-refractivity contribution in [3.05, 3.63) is 24.3 Å². The summed E-state index contributed by atoms with van der Waals surface area (Å²) in [7, 11) is -3.12. The molecular formula is C12H21N5O2S. The quantitative estimate of drug-likeness (QED) is 0.588. The predicted octanol–water partition coefficient (Wildman–Crippen LogP) is 0.0427. The monoisotopic (exact) mass is 299 g/mol. The maximum atomic E-state index is 11.6. The van der Waals surface area contributed by atoms with Crippen molar-refractivity contribution in [2.24, 2.45) is 11.8 Å². The number of nitrogens with zero attached hydrogens (tertiary/aromatic N) is 3. The fourth-order valence-corrected chi connectivity index (χ4v) is 3.53. The van der Waals surface area contributed by atoms with Gasteiger partial charge in [-0.15, -0.1) is 0 Å². The molecule has 0 aromatic carbocycles. The summed E-state index contributed by atoms with van der Waals surface area (Å²) in [4.78, 5) is 8.40. The van der Waals surface area contributed by atoms with Gasteiger partial charge in [0.2, 0.25) is 10.0 Å². The van der Waals surface area contributed by atoms with Crippen LogP contribution in [0.25, 0.3) is 0 Å². The molecule has 3 N–H and O–H groups in total. The van der Waals surface area contributed by atoms with E-state index in [0.717, 1.165) is 19.3 Å².